The number of rotatable bonds is 6. The van der Waals surface area contributed by atoms with Gasteiger partial charge in [0.05, 0.1) is 11.1 Å². The van der Waals surface area contributed by atoms with Crippen molar-refractivity contribution in [2.45, 2.75) is 64.5 Å². The van der Waals surface area contributed by atoms with E-state index in [-0.39, 0.29) is 5.91 Å². The lowest BCUT2D eigenvalue weighted by molar-refractivity contribution is -0.126. The molecule has 2 N–H and O–H groups in total. The average Bonchev–Trinajstić information content (AvgIpc) is 2.10. The maximum Gasteiger partial charge on any atom is 0.220 e. The minimum absolute atomic E-state index is 0.0378. The second kappa shape index (κ2) is 5.91. The number of hydrogen-bond acceptors (Lipinski definition) is 2. The Kier molecular flexibility index (Phi) is 5.53. The Hall–Kier alpha value is -1.01. The third-order valence-electron chi connectivity index (χ3n) is 2.96. The highest BCUT2D eigenvalue weighted by atomic mass is 16.3. The number of nitrogens with one attached hydrogen (secondary N) is 1. The van der Waals surface area contributed by atoms with E-state index in [1.54, 1.807) is 13.8 Å². The molecule has 0 heterocycles. The van der Waals surface area contributed by atoms with Crippen molar-refractivity contribution in [3.63, 3.8) is 0 Å². The molecule has 0 aliphatic carbocycles. The van der Waals surface area contributed by atoms with Gasteiger partial charge in [0.2, 0.25) is 5.91 Å². The molecule has 0 aliphatic heterocycles. The first kappa shape index (κ1) is 15.0. The number of unbranched alkanes of at least 4 members (excludes halogenated alkanes) is 2. The van der Waals surface area contributed by atoms with E-state index in [1.165, 1.54) is 0 Å². The quantitative estimate of drug-likeness (QED) is 0.535. The summed E-state index contributed by atoms with van der Waals surface area (Å²) < 4.78 is 0. The molecule has 92 valence electrons. The van der Waals surface area contributed by atoms with Crippen LogP contribution in [0.1, 0.15) is 53.4 Å². The summed E-state index contributed by atoms with van der Waals surface area (Å²) in [5.74, 6) is 2.50. The second-order valence-electron chi connectivity index (χ2n) is 5.14. The average molecular weight is 225 g/mol. The lowest BCUT2D eigenvalue weighted by atomic mass is 9.86. The highest BCUT2D eigenvalue weighted by Gasteiger charge is 2.35. The molecule has 0 aromatic heterocycles. The zero-order valence-electron chi connectivity index (χ0n) is 10.8. The van der Waals surface area contributed by atoms with Crippen LogP contribution in [0.25, 0.3) is 0 Å². The highest BCUT2D eigenvalue weighted by molar-refractivity contribution is 5.76. The van der Waals surface area contributed by atoms with Crippen molar-refractivity contribution in [2.75, 3.05) is 0 Å². The van der Waals surface area contributed by atoms with Crippen LogP contribution in [0.4, 0.5) is 0 Å². The third-order valence-corrected chi connectivity index (χ3v) is 2.96. The molecule has 3 heteroatoms. The number of carbonyl (C=O) groups excluding carboxylic acids is 1. The molecule has 0 bridgehead atoms. The number of carbonyl (C=O) groups is 1. The summed E-state index contributed by atoms with van der Waals surface area (Å²) in [5, 5.41) is 12.7. The van der Waals surface area contributed by atoms with Crippen LogP contribution in [0.3, 0.4) is 0 Å². The lowest BCUT2D eigenvalue weighted by Crippen LogP contribution is -2.57. The van der Waals surface area contributed by atoms with E-state index in [9.17, 15) is 9.90 Å². The van der Waals surface area contributed by atoms with Crippen molar-refractivity contribution in [1.82, 2.24) is 5.32 Å². The minimum Gasteiger partial charge on any atom is -0.388 e. The Bertz CT molecular complexity index is 269. The van der Waals surface area contributed by atoms with Gasteiger partial charge in [-0.2, -0.15) is 0 Å². The van der Waals surface area contributed by atoms with Crippen LogP contribution in [-0.4, -0.2) is 22.2 Å². The van der Waals surface area contributed by atoms with Crippen molar-refractivity contribution < 1.29 is 9.90 Å². The molecular formula is C13H23NO2. The number of aliphatic hydroxyl groups is 1. The van der Waals surface area contributed by atoms with Gasteiger partial charge in [-0.3, -0.25) is 4.79 Å². The Morgan fingerprint density at radius 1 is 1.31 bits per heavy atom. The molecule has 0 aromatic carbocycles. The summed E-state index contributed by atoms with van der Waals surface area (Å²) in [6.07, 6.45) is 7.95. The van der Waals surface area contributed by atoms with E-state index in [2.05, 4.69) is 11.2 Å². The van der Waals surface area contributed by atoms with Crippen LogP contribution < -0.4 is 5.32 Å². The fourth-order valence-corrected chi connectivity index (χ4v) is 1.08. The van der Waals surface area contributed by atoms with Gasteiger partial charge in [-0.1, -0.05) is 0 Å². The third kappa shape index (κ3) is 5.18. The SMILES string of the molecule is C#CCCCCC(=O)NC(C)(C)C(C)(C)O. The predicted octanol–water partition coefficient (Wildman–Crippen LogP) is 1.85. The first-order valence-electron chi connectivity index (χ1n) is 5.67. The summed E-state index contributed by atoms with van der Waals surface area (Å²) in [4.78, 5) is 11.6. The molecule has 3 nitrogen and oxygen atoms in total. The number of terminal acetylenes is 1. The Morgan fingerprint density at radius 2 is 1.88 bits per heavy atom. The zero-order chi connectivity index (χ0) is 12.8. The maximum atomic E-state index is 11.6. The largest absolute Gasteiger partial charge is 0.388 e. The summed E-state index contributed by atoms with van der Waals surface area (Å²) in [5.41, 5.74) is -1.57. The summed E-state index contributed by atoms with van der Waals surface area (Å²) >= 11 is 0. The van der Waals surface area contributed by atoms with E-state index >= 15 is 0 Å². The second-order valence-corrected chi connectivity index (χ2v) is 5.14. The zero-order valence-corrected chi connectivity index (χ0v) is 10.8. The molecule has 0 atom stereocenters. The first-order chi connectivity index (χ1) is 7.20. The molecule has 0 aromatic rings. The predicted molar refractivity (Wildman–Crippen MR) is 65.8 cm³/mol. The van der Waals surface area contributed by atoms with E-state index in [0.29, 0.717) is 12.8 Å². The molecule has 0 radical (unpaired) electrons. The van der Waals surface area contributed by atoms with E-state index in [1.807, 2.05) is 13.8 Å². The van der Waals surface area contributed by atoms with Gasteiger partial charge in [0.15, 0.2) is 0 Å². The van der Waals surface area contributed by atoms with Crippen molar-refractivity contribution in [3.05, 3.63) is 0 Å². The van der Waals surface area contributed by atoms with Crippen LogP contribution in [0.2, 0.25) is 0 Å². The van der Waals surface area contributed by atoms with Gasteiger partial charge in [-0.05, 0) is 40.5 Å². The molecule has 1 amide bonds. The van der Waals surface area contributed by atoms with Gasteiger partial charge in [0.1, 0.15) is 0 Å². The van der Waals surface area contributed by atoms with E-state index < -0.39 is 11.1 Å². The molecule has 0 spiro atoms. The molecule has 0 saturated heterocycles. The van der Waals surface area contributed by atoms with Gasteiger partial charge < -0.3 is 10.4 Å². The standard InChI is InChI=1S/C13H23NO2/c1-6-7-8-9-10-11(15)14-12(2,3)13(4,5)16/h1,16H,7-10H2,2-5H3,(H,14,15). The molecule has 16 heavy (non-hydrogen) atoms. The van der Waals surface area contributed by atoms with Crippen LogP contribution in [0.15, 0.2) is 0 Å². The van der Waals surface area contributed by atoms with Crippen molar-refractivity contribution >= 4 is 5.91 Å². The molecule has 0 unspecified atom stereocenters. The fourth-order valence-electron chi connectivity index (χ4n) is 1.08. The van der Waals surface area contributed by atoms with Crippen molar-refractivity contribution in [3.8, 4) is 12.3 Å². The monoisotopic (exact) mass is 225 g/mol. The van der Waals surface area contributed by atoms with Gasteiger partial charge in [0.25, 0.3) is 0 Å². The Balaban J connectivity index is 4.01. The van der Waals surface area contributed by atoms with Crippen LogP contribution in [0, 0.1) is 12.3 Å². The van der Waals surface area contributed by atoms with Crippen LogP contribution >= 0.6 is 0 Å². The van der Waals surface area contributed by atoms with Gasteiger partial charge in [-0.25, -0.2) is 0 Å². The summed E-state index contributed by atoms with van der Waals surface area (Å²) in [7, 11) is 0. The fraction of sp³-hybridized carbons (Fsp3) is 0.769. The van der Waals surface area contributed by atoms with E-state index in [4.69, 9.17) is 6.42 Å². The maximum absolute atomic E-state index is 11.6. The molecule has 0 rings (SSSR count). The topological polar surface area (TPSA) is 49.3 Å². The van der Waals surface area contributed by atoms with Gasteiger partial charge >= 0.3 is 0 Å². The first-order valence-corrected chi connectivity index (χ1v) is 5.67. The van der Waals surface area contributed by atoms with Gasteiger partial charge in [0, 0.05) is 12.8 Å². The minimum atomic E-state index is -0.943. The van der Waals surface area contributed by atoms with Crippen molar-refractivity contribution in [1.29, 1.82) is 0 Å². The van der Waals surface area contributed by atoms with E-state index in [0.717, 1.165) is 12.8 Å². The molecule has 0 aliphatic rings. The summed E-state index contributed by atoms with van der Waals surface area (Å²) in [6.45, 7) is 7.00. The number of amides is 1. The van der Waals surface area contributed by atoms with Crippen LogP contribution in [-0.2, 0) is 4.79 Å². The molecular weight excluding hydrogens is 202 g/mol. The number of hydrogen-bond donors (Lipinski definition) is 2. The molecule has 0 fully saturated rings. The van der Waals surface area contributed by atoms with Crippen LogP contribution in [0.5, 0.6) is 0 Å². The lowest BCUT2D eigenvalue weighted by Gasteiger charge is -2.38. The normalized spacial score (nSPS) is 12.0. The smallest absolute Gasteiger partial charge is 0.220 e. The molecule has 0 saturated carbocycles. The summed E-state index contributed by atoms with van der Waals surface area (Å²) in [6, 6.07) is 0. The Morgan fingerprint density at radius 3 is 2.31 bits per heavy atom. The van der Waals surface area contributed by atoms with Gasteiger partial charge in [-0.15, -0.1) is 12.3 Å². The van der Waals surface area contributed by atoms with Crippen molar-refractivity contribution in [2.24, 2.45) is 0 Å². The Labute approximate surface area is 98.6 Å². The highest BCUT2D eigenvalue weighted by Crippen LogP contribution is 2.20.